The molecule has 0 radical (unpaired) electrons. The first-order valence-electron chi connectivity index (χ1n) is 16.5. The maximum atomic E-state index is 15.0. The third kappa shape index (κ3) is 8.79. The summed E-state index contributed by atoms with van der Waals surface area (Å²) in [6, 6.07) is 25.2. The summed E-state index contributed by atoms with van der Waals surface area (Å²) in [5.74, 6) is -1.17. The number of piperidine rings is 2. The quantitative estimate of drug-likeness (QED) is 0.150. The first kappa shape index (κ1) is 35.7. The fraction of sp³-hybridized carbons (Fsp3) is 0.316. The van der Waals surface area contributed by atoms with Gasteiger partial charge >= 0.3 is 11.9 Å². The number of ether oxygens (including phenoxy) is 2. The largest absolute Gasteiger partial charge is 0.497 e. The number of carbonyl (C=O) groups excluding carboxylic acids is 2. The van der Waals surface area contributed by atoms with Gasteiger partial charge in [0.25, 0.3) is 0 Å². The zero-order valence-corrected chi connectivity index (χ0v) is 29.4. The Balaban J connectivity index is 0.979. The van der Waals surface area contributed by atoms with Crippen molar-refractivity contribution < 1.29 is 37.5 Å². The van der Waals surface area contributed by atoms with Crippen LogP contribution in [0.15, 0.2) is 105 Å². The van der Waals surface area contributed by atoms with Crippen molar-refractivity contribution >= 4 is 35.5 Å². The molecule has 0 unspecified atom stereocenters. The molecule has 8 nitrogen and oxygen atoms in total. The lowest BCUT2D eigenvalue weighted by molar-refractivity contribution is -0.222. The van der Waals surface area contributed by atoms with E-state index < -0.39 is 11.9 Å². The molecule has 0 aliphatic carbocycles. The van der Waals surface area contributed by atoms with Gasteiger partial charge < -0.3 is 19.1 Å². The number of hydrogen-bond donors (Lipinski definition) is 0. The zero-order valence-electron chi connectivity index (χ0n) is 27.8. The number of hydrogen-bond acceptors (Lipinski definition) is 10. The summed E-state index contributed by atoms with van der Waals surface area (Å²) in [6.45, 7) is 1.57. The summed E-state index contributed by atoms with van der Waals surface area (Å²) in [5, 5.41) is 2.93. The fourth-order valence-electron chi connectivity index (χ4n) is 6.26. The summed E-state index contributed by atoms with van der Waals surface area (Å²) < 4.78 is 40.5. The molecule has 0 amide bonds. The van der Waals surface area contributed by atoms with Gasteiger partial charge in [0.1, 0.15) is 23.1 Å². The van der Waals surface area contributed by atoms with Gasteiger partial charge in [-0.3, -0.25) is 0 Å². The van der Waals surface area contributed by atoms with E-state index in [0.717, 1.165) is 32.4 Å². The number of nitrogens with zero attached hydrogens (tertiary/aromatic N) is 2. The van der Waals surface area contributed by atoms with Crippen LogP contribution in [-0.4, -0.2) is 62.5 Å². The van der Waals surface area contributed by atoms with Crippen molar-refractivity contribution in [2.75, 3.05) is 40.4 Å². The van der Waals surface area contributed by atoms with Gasteiger partial charge in [0.15, 0.2) is 0 Å². The van der Waals surface area contributed by atoms with E-state index in [1.807, 2.05) is 60.7 Å². The summed E-state index contributed by atoms with van der Waals surface area (Å²) in [5.41, 5.74) is 1.81. The van der Waals surface area contributed by atoms with Crippen LogP contribution in [0.4, 0.5) is 8.78 Å². The van der Waals surface area contributed by atoms with Gasteiger partial charge in [-0.2, -0.15) is 0 Å². The van der Waals surface area contributed by atoms with Gasteiger partial charge in [-0.15, -0.1) is 10.1 Å². The Morgan fingerprint density at radius 3 is 1.28 bits per heavy atom. The monoisotopic (exact) mass is 720 g/mol. The van der Waals surface area contributed by atoms with E-state index in [1.54, 1.807) is 26.4 Å². The maximum Gasteiger partial charge on any atom is 0.438 e. The highest BCUT2D eigenvalue weighted by atomic mass is 32.2. The number of carbonyl (C=O) groups is 2. The van der Waals surface area contributed by atoms with Crippen LogP contribution in [0.1, 0.15) is 48.6 Å². The lowest BCUT2D eigenvalue weighted by atomic mass is 9.90. The van der Waals surface area contributed by atoms with Gasteiger partial charge in [0, 0.05) is 36.0 Å². The van der Waals surface area contributed by atoms with Gasteiger partial charge in [0.05, 0.1) is 24.0 Å². The van der Waals surface area contributed by atoms with Gasteiger partial charge in [-0.1, -0.05) is 47.8 Å². The third-order valence-corrected chi connectivity index (χ3v) is 11.2. The Morgan fingerprint density at radius 1 is 0.580 bits per heavy atom. The SMILES string of the molecule is COc1ccc(Sc2c(F)cccc2C2CCN(OC(=O)C(=O)ON3CCC(c4cccc(F)c4Sc4ccc(OC)cc4)CC3)CC2)cc1. The molecule has 0 spiro atoms. The molecule has 0 saturated carbocycles. The standard InChI is InChI=1S/C38H38F2N2O6S2/c1-45-27-9-13-29(14-10-27)49-35-31(5-3-7-33(35)39)25-17-21-41(22-18-25)47-37(43)38(44)48-42-23-19-26(20-24-42)32-6-4-8-34(40)36(32)50-30-15-11-28(46-2)12-16-30/h3-16,25-26H,17-24H2,1-2H3. The van der Waals surface area contributed by atoms with Crippen LogP contribution in [-0.2, 0) is 19.3 Å². The Hall–Kier alpha value is -4.10. The molecule has 4 aromatic carbocycles. The van der Waals surface area contributed by atoms with E-state index in [4.69, 9.17) is 19.1 Å². The molecule has 2 fully saturated rings. The van der Waals surface area contributed by atoms with E-state index in [1.165, 1.54) is 45.8 Å². The number of halogens is 2. The average Bonchev–Trinajstić information content (AvgIpc) is 3.14. The second-order valence-corrected chi connectivity index (χ2v) is 14.2. The highest BCUT2D eigenvalue weighted by Gasteiger charge is 2.31. The Morgan fingerprint density at radius 2 is 0.940 bits per heavy atom. The van der Waals surface area contributed by atoms with Gasteiger partial charge in [-0.05, 0) is 109 Å². The maximum absolute atomic E-state index is 15.0. The number of methoxy groups -OCH3 is 2. The molecule has 4 aromatic rings. The lowest BCUT2D eigenvalue weighted by Gasteiger charge is -2.32. The Bertz CT molecular complexity index is 1650. The van der Waals surface area contributed by atoms with E-state index in [2.05, 4.69) is 0 Å². The van der Waals surface area contributed by atoms with E-state index in [9.17, 15) is 9.59 Å². The van der Waals surface area contributed by atoms with Crippen LogP contribution in [0, 0.1) is 11.6 Å². The van der Waals surface area contributed by atoms with Crippen molar-refractivity contribution in [2.45, 2.75) is 57.1 Å². The first-order chi connectivity index (χ1) is 24.3. The molecule has 2 aliphatic rings. The summed E-state index contributed by atoms with van der Waals surface area (Å²) in [6.07, 6.45) is 2.48. The topological polar surface area (TPSA) is 77.5 Å². The van der Waals surface area contributed by atoms with Crippen molar-refractivity contribution in [1.82, 2.24) is 10.1 Å². The Labute approximate surface area is 298 Å². The molecule has 0 bridgehead atoms. The van der Waals surface area contributed by atoms with Crippen LogP contribution in [0.3, 0.4) is 0 Å². The Kier molecular flexibility index (Phi) is 12.0. The van der Waals surface area contributed by atoms with Crippen LogP contribution >= 0.6 is 23.5 Å². The highest BCUT2D eigenvalue weighted by Crippen LogP contribution is 2.41. The van der Waals surface area contributed by atoms with Crippen LogP contribution in [0.2, 0.25) is 0 Å². The van der Waals surface area contributed by atoms with Gasteiger partial charge in [-0.25, -0.2) is 18.4 Å². The summed E-state index contributed by atoms with van der Waals surface area (Å²) in [4.78, 5) is 39.1. The first-order valence-corrected chi connectivity index (χ1v) is 18.1. The van der Waals surface area contributed by atoms with E-state index in [-0.39, 0.29) is 23.5 Å². The van der Waals surface area contributed by atoms with Crippen LogP contribution < -0.4 is 9.47 Å². The molecule has 6 rings (SSSR count). The van der Waals surface area contributed by atoms with Crippen molar-refractivity contribution in [3.8, 4) is 11.5 Å². The minimum atomic E-state index is -1.09. The second kappa shape index (κ2) is 16.7. The fourth-order valence-corrected chi connectivity index (χ4v) is 8.31. The minimum Gasteiger partial charge on any atom is -0.497 e. The molecule has 12 heteroatoms. The molecule has 0 atom stereocenters. The number of benzene rings is 4. The molecular formula is C38H38F2N2O6S2. The molecule has 50 heavy (non-hydrogen) atoms. The van der Waals surface area contributed by atoms with Gasteiger partial charge in [0.2, 0.25) is 0 Å². The molecular weight excluding hydrogens is 683 g/mol. The molecule has 2 heterocycles. The van der Waals surface area contributed by atoms with Crippen LogP contribution in [0.25, 0.3) is 0 Å². The molecule has 0 aromatic heterocycles. The third-order valence-electron chi connectivity index (χ3n) is 8.93. The van der Waals surface area contributed by atoms with E-state index >= 15 is 8.78 Å². The highest BCUT2D eigenvalue weighted by molar-refractivity contribution is 7.99. The smallest absolute Gasteiger partial charge is 0.438 e. The second-order valence-electron chi connectivity index (χ2n) is 12.0. The predicted molar refractivity (Wildman–Crippen MR) is 186 cm³/mol. The van der Waals surface area contributed by atoms with Crippen molar-refractivity contribution in [3.63, 3.8) is 0 Å². The zero-order chi connectivity index (χ0) is 35.0. The number of hydroxylamine groups is 4. The number of rotatable bonds is 10. The van der Waals surface area contributed by atoms with Crippen molar-refractivity contribution in [1.29, 1.82) is 0 Å². The summed E-state index contributed by atoms with van der Waals surface area (Å²) in [7, 11) is 3.20. The predicted octanol–water partition coefficient (Wildman–Crippen LogP) is 8.26. The van der Waals surface area contributed by atoms with Crippen molar-refractivity contribution in [3.05, 3.63) is 108 Å². The molecule has 2 aliphatic heterocycles. The van der Waals surface area contributed by atoms with Crippen LogP contribution in [0.5, 0.6) is 11.5 Å². The molecule has 262 valence electrons. The molecule has 0 N–H and O–H groups in total. The average molecular weight is 721 g/mol. The lowest BCUT2D eigenvalue weighted by Crippen LogP contribution is -2.41. The van der Waals surface area contributed by atoms with E-state index in [0.29, 0.717) is 61.7 Å². The molecule has 2 saturated heterocycles. The van der Waals surface area contributed by atoms with Crippen molar-refractivity contribution in [2.24, 2.45) is 0 Å². The summed E-state index contributed by atoms with van der Waals surface area (Å²) >= 11 is 2.74. The minimum absolute atomic E-state index is 0.0582. The normalized spacial score (nSPS) is 16.2.